The number of para-hydroxylation sites is 1. The highest BCUT2D eigenvalue weighted by Gasteiger charge is 2.19. The Morgan fingerprint density at radius 3 is 3.08 bits per heavy atom. The summed E-state index contributed by atoms with van der Waals surface area (Å²) in [4.78, 5) is 10.0. The third-order valence-electron chi connectivity index (χ3n) is 1.90. The van der Waals surface area contributed by atoms with E-state index in [1.165, 1.54) is 0 Å². The molecule has 3 nitrogen and oxygen atoms in total. The molecular weight excluding hydrogens is 154 g/mol. The predicted molar refractivity (Wildman–Crippen MR) is 43.7 cm³/mol. The van der Waals surface area contributed by atoms with Crippen molar-refractivity contribution < 1.29 is 9.78 Å². The Labute approximate surface area is 71.2 Å². The minimum atomic E-state index is -0.153. The molecule has 3 heteroatoms. The van der Waals surface area contributed by atoms with Crippen LogP contribution in [0.5, 0.6) is 5.75 Å². The largest absolute Gasteiger partial charge is 0.336 e. The first kappa shape index (κ1) is 7.58. The van der Waals surface area contributed by atoms with Crippen molar-refractivity contribution >= 4 is 0 Å². The molecule has 0 amide bonds. The van der Waals surface area contributed by atoms with Crippen molar-refractivity contribution in [3.05, 3.63) is 29.8 Å². The molecule has 0 aliphatic carbocycles. The Hall–Kier alpha value is -1.06. The molecule has 1 aromatic rings. The van der Waals surface area contributed by atoms with Gasteiger partial charge in [-0.25, -0.2) is 5.32 Å². The third kappa shape index (κ3) is 1.29. The van der Waals surface area contributed by atoms with Crippen LogP contribution in [0.25, 0.3) is 0 Å². The van der Waals surface area contributed by atoms with Gasteiger partial charge in [-0.05, 0) is 6.07 Å². The Balaban J connectivity index is 2.23. The first-order chi connectivity index (χ1) is 5.90. The van der Waals surface area contributed by atoms with Gasteiger partial charge in [-0.1, -0.05) is 18.2 Å². The van der Waals surface area contributed by atoms with Crippen LogP contribution in [0.3, 0.4) is 0 Å². The summed E-state index contributed by atoms with van der Waals surface area (Å²) in [5.41, 5.74) is 1.15. The zero-order valence-electron chi connectivity index (χ0n) is 6.86. The van der Waals surface area contributed by atoms with E-state index >= 15 is 0 Å². The number of rotatable bonds is 1. The molecule has 0 saturated heterocycles. The van der Waals surface area contributed by atoms with Gasteiger partial charge in [0.05, 0.1) is 0 Å². The Bertz CT molecular complexity index is 275. The molecule has 0 spiro atoms. The molecule has 63 valence electrons. The lowest BCUT2D eigenvalue weighted by atomic mass is 10.1. The van der Waals surface area contributed by atoms with Gasteiger partial charge in [-0.2, -0.15) is 4.89 Å². The van der Waals surface area contributed by atoms with Crippen LogP contribution in [0.2, 0.25) is 0 Å². The lowest BCUT2D eigenvalue weighted by molar-refractivity contribution is -0.262. The smallest absolute Gasteiger partial charge is 0.174 e. The lowest BCUT2D eigenvalue weighted by Crippen LogP contribution is -2.30. The van der Waals surface area contributed by atoms with E-state index in [4.69, 9.17) is 9.78 Å². The maximum Gasteiger partial charge on any atom is 0.174 e. The Morgan fingerprint density at radius 2 is 2.25 bits per heavy atom. The standard InChI is InChI=1S/C9H10NO2/c1-10-9-6-7-4-2-3-5-8(7)11-12-9/h2-5,9H,6H2,1H3. The van der Waals surface area contributed by atoms with Crippen LogP contribution < -0.4 is 10.2 Å². The predicted octanol–water partition coefficient (Wildman–Crippen LogP) is 1.11. The quantitative estimate of drug-likeness (QED) is 0.582. The summed E-state index contributed by atoms with van der Waals surface area (Å²) in [7, 11) is 1.72. The highest BCUT2D eigenvalue weighted by atomic mass is 17.2. The summed E-state index contributed by atoms with van der Waals surface area (Å²) in [5, 5.41) is 4.00. The topological polar surface area (TPSA) is 32.6 Å². The van der Waals surface area contributed by atoms with Crippen molar-refractivity contribution in [2.45, 2.75) is 12.6 Å². The molecule has 2 rings (SSSR count). The maximum absolute atomic E-state index is 5.03. The van der Waals surface area contributed by atoms with E-state index in [9.17, 15) is 0 Å². The Kier molecular flexibility index (Phi) is 1.98. The number of hydrogen-bond acceptors (Lipinski definition) is 2. The molecule has 1 aromatic carbocycles. The first-order valence-corrected chi connectivity index (χ1v) is 3.90. The summed E-state index contributed by atoms with van der Waals surface area (Å²) >= 11 is 0. The van der Waals surface area contributed by atoms with Gasteiger partial charge in [0.25, 0.3) is 0 Å². The third-order valence-corrected chi connectivity index (χ3v) is 1.90. The van der Waals surface area contributed by atoms with E-state index in [0.717, 1.165) is 17.7 Å². The fourth-order valence-corrected chi connectivity index (χ4v) is 1.22. The van der Waals surface area contributed by atoms with E-state index < -0.39 is 0 Å². The summed E-state index contributed by atoms with van der Waals surface area (Å²) in [6, 6.07) is 7.82. The van der Waals surface area contributed by atoms with Gasteiger partial charge in [0, 0.05) is 19.0 Å². The number of fused-ring (bicyclic) bond motifs is 1. The molecule has 0 bridgehead atoms. The molecule has 1 unspecified atom stereocenters. The summed E-state index contributed by atoms with van der Waals surface area (Å²) < 4.78 is 0. The van der Waals surface area contributed by atoms with Crippen molar-refractivity contribution in [1.29, 1.82) is 0 Å². The SMILES string of the molecule is C[N]C1Cc2ccccc2OO1. The highest BCUT2D eigenvalue weighted by molar-refractivity contribution is 5.34. The van der Waals surface area contributed by atoms with Crippen LogP contribution in [0.1, 0.15) is 5.56 Å². The fourth-order valence-electron chi connectivity index (χ4n) is 1.22. The average Bonchev–Trinajstić information content (AvgIpc) is 2.17. The molecule has 1 atom stereocenters. The zero-order chi connectivity index (χ0) is 8.39. The van der Waals surface area contributed by atoms with Crippen LogP contribution in [0, 0.1) is 0 Å². The summed E-state index contributed by atoms with van der Waals surface area (Å²) in [6.07, 6.45) is 0.645. The molecule has 0 saturated carbocycles. The van der Waals surface area contributed by atoms with Crippen molar-refractivity contribution in [2.24, 2.45) is 0 Å². The van der Waals surface area contributed by atoms with Crippen LogP contribution in [0.4, 0.5) is 0 Å². The second kappa shape index (κ2) is 3.13. The van der Waals surface area contributed by atoms with E-state index in [2.05, 4.69) is 5.32 Å². The van der Waals surface area contributed by atoms with Crippen LogP contribution in [0.15, 0.2) is 24.3 Å². The zero-order valence-corrected chi connectivity index (χ0v) is 6.86. The molecular formula is C9H10NO2. The van der Waals surface area contributed by atoms with Crippen molar-refractivity contribution in [3.8, 4) is 5.75 Å². The van der Waals surface area contributed by atoms with Gasteiger partial charge >= 0.3 is 0 Å². The van der Waals surface area contributed by atoms with Crippen LogP contribution >= 0.6 is 0 Å². The summed E-state index contributed by atoms with van der Waals surface area (Å²) in [6.45, 7) is 0. The molecule has 1 aliphatic heterocycles. The number of hydrogen-bond donors (Lipinski definition) is 0. The molecule has 0 N–H and O–H groups in total. The van der Waals surface area contributed by atoms with Crippen molar-refractivity contribution in [3.63, 3.8) is 0 Å². The molecule has 12 heavy (non-hydrogen) atoms. The minimum absolute atomic E-state index is 0.153. The van der Waals surface area contributed by atoms with E-state index in [0.29, 0.717) is 0 Å². The fraction of sp³-hybridized carbons (Fsp3) is 0.333. The van der Waals surface area contributed by atoms with Gasteiger partial charge < -0.3 is 4.89 Å². The van der Waals surface area contributed by atoms with Gasteiger partial charge in [-0.15, -0.1) is 0 Å². The van der Waals surface area contributed by atoms with Crippen LogP contribution in [-0.4, -0.2) is 13.3 Å². The van der Waals surface area contributed by atoms with Gasteiger partial charge in [0.2, 0.25) is 0 Å². The maximum atomic E-state index is 5.03. The van der Waals surface area contributed by atoms with Crippen LogP contribution in [-0.2, 0) is 11.3 Å². The monoisotopic (exact) mass is 164 g/mol. The molecule has 0 fully saturated rings. The Morgan fingerprint density at radius 1 is 1.42 bits per heavy atom. The minimum Gasteiger partial charge on any atom is -0.336 e. The highest BCUT2D eigenvalue weighted by Crippen LogP contribution is 2.24. The number of nitrogens with zero attached hydrogens (tertiary/aromatic N) is 1. The average molecular weight is 164 g/mol. The normalized spacial score (nSPS) is 21.2. The van der Waals surface area contributed by atoms with Crippen molar-refractivity contribution in [1.82, 2.24) is 5.32 Å². The van der Waals surface area contributed by atoms with Gasteiger partial charge in [0.15, 0.2) is 12.0 Å². The lowest BCUT2D eigenvalue weighted by Gasteiger charge is -2.21. The van der Waals surface area contributed by atoms with E-state index in [1.807, 2.05) is 24.3 Å². The second-order valence-electron chi connectivity index (χ2n) is 2.70. The number of likely N-dealkylation sites (N-methyl/N-ethyl adjacent to an activating group) is 1. The van der Waals surface area contributed by atoms with E-state index in [1.54, 1.807) is 7.05 Å². The molecule has 1 heterocycles. The van der Waals surface area contributed by atoms with Gasteiger partial charge in [-0.3, -0.25) is 0 Å². The molecule has 0 aromatic heterocycles. The summed E-state index contributed by atoms with van der Waals surface area (Å²) in [5.74, 6) is 0.803. The molecule has 1 aliphatic rings. The molecule has 1 radical (unpaired) electrons. The van der Waals surface area contributed by atoms with E-state index in [-0.39, 0.29) is 6.23 Å². The first-order valence-electron chi connectivity index (χ1n) is 3.90. The van der Waals surface area contributed by atoms with Crippen molar-refractivity contribution in [2.75, 3.05) is 7.05 Å². The number of benzene rings is 1. The second-order valence-corrected chi connectivity index (χ2v) is 2.70. The van der Waals surface area contributed by atoms with Gasteiger partial charge in [0.1, 0.15) is 0 Å².